The van der Waals surface area contributed by atoms with Crippen LogP contribution in [0.25, 0.3) is 6.08 Å². The summed E-state index contributed by atoms with van der Waals surface area (Å²) in [6.07, 6.45) is 2.93. The van der Waals surface area contributed by atoms with Crippen molar-refractivity contribution in [3.05, 3.63) is 71.8 Å². The summed E-state index contributed by atoms with van der Waals surface area (Å²) in [4.78, 5) is 12.0. The van der Waals surface area contributed by atoms with Crippen molar-refractivity contribution in [2.45, 2.75) is 18.5 Å². The Morgan fingerprint density at radius 1 is 1.11 bits per heavy atom. The van der Waals surface area contributed by atoms with Crippen molar-refractivity contribution in [2.24, 2.45) is 0 Å². The Hall–Kier alpha value is -2.81. The highest BCUT2D eigenvalue weighted by molar-refractivity contribution is 7.88. The Labute approximate surface area is 154 Å². The Balaban J connectivity index is 2.05. The normalized spacial score (nSPS) is 13.3. The van der Waals surface area contributed by atoms with E-state index < -0.39 is 33.3 Å². The number of benzene rings is 2. The highest BCUT2D eigenvalue weighted by atomic mass is 32.2. The Bertz CT molecular complexity index is 925. The van der Waals surface area contributed by atoms with Crippen LogP contribution < -0.4 is 9.50 Å². The summed E-state index contributed by atoms with van der Waals surface area (Å²) < 4.78 is 63.4. The number of hydrogen-bond acceptors (Lipinski definition) is 4. The molecule has 0 aliphatic heterocycles. The SMILES string of the molecule is C[C@H](NC(=O)/C=C/c1ccccc1)c1cccc(OS(=O)(=O)C(F)(F)F)c1. The van der Waals surface area contributed by atoms with Crippen molar-refractivity contribution in [3.8, 4) is 5.75 Å². The summed E-state index contributed by atoms with van der Waals surface area (Å²) >= 11 is 0. The van der Waals surface area contributed by atoms with Crippen molar-refractivity contribution >= 4 is 22.1 Å². The van der Waals surface area contributed by atoms with Crippen molar-refractivity contribution in [3.63, 3.8) is 0 Å². The van der Waals surface area contributed by atoms with Crippen LogP contribution in [-0.2, 0) is 14.9 Å². The predicted octanol–water partition coefficient (Wildman–Crippen LogP) is 3.81. The summed E-state index contributed by atoms with van der Waals surface area (Å²) in [5, 5.41) is 2.63. The first-order valence-electron chi connectivity index (χ1n) is 7.73. The molecular formula is C18H16F3NO4S. The first kappa shape index (κ1) is 20.5. The van der Waals surface area contributed by atoms with Gasteiger partial charge in [-0.05, 0) is 36.3 Å². The van der Waals surface area contributed by atoms with E-state index in [-0.39, 0.29) is 0 Å². The lowest BCUT2D eigenvalue weighted by atomic mass is 10.1. The fraction of sp³-hybridized carbons (Fsp3) is 0.167. The van der Waals surface area contributed by atoms with Crippen LogP contribution in [0, 0.1) is 0 Å². The van der Waals surface area contributed by atoms with Gasteiger partial charge in [0.1, 0.15) is 5.75 Å². The van der Waals surface area contributed by atoms with Gasteiger partial charge in [0, 0.05) is 6.08 Å². The van der Waals surface area contributed by atoms with Gasteiger partial charge in [-0.25, -0.2) is 0 Å². The highest BCUT2D eigenvalue weighted by Crippen LogP contribution is 2.28. The Kier molecular flexibility index (Phi) is 6.27. The zero-order valence-electron chi connectivity index (χ0n) is 14.1. The smallest absolute Gasteiger partial charge is 0.376 e. The molecule has 1 amide bonds. The van der Waals surface area contributed by atoms with Crippen molar-refractivity contribution < 1.29 is 30.6 Å². The van der Waals surface area contributed by atoms with E-state index in [9.17, 15) is 26.4 Å². The van der Waals surface area contributed by atoms with Crippen LogP contribution in [-0.4, -0.2) is 19.8 Å². The van der Waals surface area contributed by atoms with Gasteiger partial charge in [0.25, 0.3) is 0 Å². The molecule has 0 spiro atoms. The first-order valence-corrected chi connectivity index (χ1v) is 9.14. The van der Waals surface area contributed by atoms with E-state index in [0.29, 0.717) is 5.56 Å². The van der Waals surface area contributed by atoms with Crippen molar-refractivity contribution in [1.82, 2.24) is 5.32 Å². The molecule has 2 aromatic carbocycles. The Morgan fingerprint density at radius 3 is 2.41 bits per heavy atom. The third-order valence-electron chi connectivity index (χ3n) is 3.43. The predicted molar refractivity (Wildman–Crippen MR) is 94.1 cm³/mol. The Morgan fingerprint density at radius 2 is 1.78 bits per heavy atom. The van der Waals surface area contributed by atoms with Gasteiger partial charge >= 0.3 is 15.6 Å². The van der Waals surface area contributed by atoms with Gasteiger partial charge in [-0.15, -0.1) is 0 Å². The lowest BCUT2D eigenvalue weighted by molar-refractivity contribution is -0.117. The van der Waals surface area contributed by atoms with E-state index in [0.717, 1.165) is 17.7 Å². The van der Waals surface area contributed by atoms with Crippen LogP contribution in [0.1, 0.15) is 24.1 Å². The third-order valence-corrected chi connectivity index (χ3v) is 4.41. The topological polar surface area (TPSA) is 72.5 Å². The molecule has 9 heteroatoms. The number of rotatable bonds is 6. The quantitative estimate of drug-likeness (QED) is 0.456. The molecule has 5 nitrogen and oxygen atoms in total. The minimum Gasteiger partial charge on any atom is -0.376 e. The summed E-state index contributed by atoms with van der Waals surface area (Å²) in [5.74, 6) is -0.911. The van der Waals surface area contributed by atoms with E-state index in [1.54, 1.807) is 13.0 Å². The standard InChI is InChI=1S/C18H16F3NO4S/c1-13(22-17(23)11-10-14-6-3-2-4-7-14)15-8-5-9-16(12-15)26-27(24,25)18(19,20)21/h2-13H,1H3,(H,22,23)/b11-10+/t13-/m0/s1. The van der Waals surface area contributed by atoms with Gasteiger partial charge in [0.05, 0.1) is 6.04 Å². The number of amides is 1. The lowest BCUT2D eigenvalue weighted by Crippen LogP contribution is -2.28. The van der Waals surface area contributed by atoms with Crippen molar-refractivity contribution in [1.29, 1.82) is 0 Å². The molecule has 0 unspecified atom stereocenters. The fourth-order valence-electron chi connectivity index (χ4n) is 2.09. The second kappa shape index (κ2) is 8.26. The summed E-state index contributed by atoms with van der Waals surface area (Å²) in [5.41, 5.74) is -4.31. The van der Waals surface area contributed by atoms with Crippen LogP contribution in [0.15, 0.2) is 60.7 Å². The molecule has 0 aliphatic rings. The van der Waals surface area contributed by atoms with Crippen LogP contribution in [0.4, 0.5) is 13.2 Å². The van der Waals surface area contributed by atoms with Crippen LogP contribution in [0.5, 0.6) is 5.75 Å². The summed E-state index contributed by atoms with van der Waals surface area (Å²) in [6, 6.07) is 13.6. The van der Waals surface area contributed by atoms with Gasteiger partial charge in [-0.2, -0.15) is 21.6 Å². The van der Waals surface area contributed by atoms with Crippen LogP contribution in [0.2, 0.25) is 0 Å². The third kappa shape index (κ3) is 5.85. The molecule has 0 saturated heterocycles. The minimum atomic E-state index is -5.75. The zero-order chi connectivity index (χ0) is 20.1. The van der Waals surface area contributed by atoms with Crippen LogP contribution in [0.3, 0.4) is 0 Å². The molecular weight excluding hydrogens is 383 g/mol. The number of halogens is 3. The molecule has 0 fully saturated rings. The first-order chi connectivity index (χ1) is 12.6. The van der Waals surface area contributed by atoms with E-state index in [4.69, 9.17) is 0 Å². The molecule has 0 bridgehead atoms. The number of carbonyl (C=O) groups is 1. The number of hydrogen-bond donors (Lipinski definition) is 1. The highest BCUT2D eigenvalue weighted by Gasteiger charge is 2.48. The van der Waals surface area contributed by atoms with Gasteiger partial charge < -0.3 is 9.50 Å². The molecule has 2 rings (SSSR count). The molecule has 27 heavy (non-hydrogen) atoms. The molecule has 1 N–H and O–H groups in total. The molecule has 0 heterocycles. The van der Waals surface area contributed by atoms with Gasteiger partial charge in [-0.3, -0.25) is 4.79 Å². The maximum Gasteiger partial charge on any atom is 0.534 e. The number of alkyl halides is 3. The molecule has 0 aromatic heterocycles. The monoisotopic (exact) mass is 399 g/mol. The summed E-state index contributed by atoms with van der Waals surface area (Å²) in [6.45, 7) is 1.60. The minimum absolute atomic E-state index is 0.381. The second-order valence-electron chi connectivity index (χ2n) is 5.53. The van der Waals surface area contributed by atoms with E-state index in [1.165, 1.54) is 18.2 Å². The number of nitrogens with one attached hydrogen (secondary N) is 1. The maximum absolute atomic E-state index is 12.4. The molecule has 0 radical (unpaired) electrons. The van der Waals surface area contributed by atoms with Crippen LogP contribution >= 0.6 is 0 Å². The van der Waals surface area contributed by atoms with Gasteiger partial charge in [0.15, 0.2) is 0 Å². The maximum atomic E-state index is 12.4. The largest absolute Gasteiger partial charge is 0.534 e. The number of carbonyl (C=O) groups excluding carboxylic acids is 1. The zero-order valence-corrected chi connectivity index (χ0v) is 14.9. The van der Waals surface area contributed by atoms with E-state index in [2.05, 4.69) is 9.50 Å². The molecule has 0 saturated carbocycles. The summed E-state index contributed by atoms with van der Waals surface area (Å²) in [7, 11) is -5.75. The molecule has 2 aromatic rings. The van der Waals surface area contributed by atoms with Gasteiger partial charge in [0.2, 0.25) is 5.91 Å². The average molecular weight is 399 g/mol. The molecule has 0 aliphatic carbocycles. The van der Waals surface area contributed by atoms with Crippen molar-refractivity contribution in [2.75, 3.05) is 0 Å². The average Bonchev–Trinajstić information content (AvgIpc) is 2.60. The van der Waals surface area contributed by atoms with E-state index >= 15 is 0 Å². The van der Waals surface area contributed by atoms with Gasteiger partial charge in [-0.1, -0.05) is 42.5 Å². The fourth-order valence-corrected chi connectivity index (χ4v) is 2.54. The van der Waals surface area contributed by atoms with E-state index in [1.807, 2.05) is 30.3 Å². The second-order valence-corrected chi connectivity index (χ2v) is 7.07. The molecule has 144 valence electrons. The lowest BCUT2D eigenvalue weighted by Gasteiger charge is -2.15. The molecule has 1 atom stereocenters.